The third-order valence-corrected chi connectivity index (χ3v) is 4.44. The van der Waals surface area contributed by atoms with E-state index in [-0.39, 0.29) is 6.03 Å². The van der Waals surface area contributed by atoms with Crippen LogP contribution < -0.4 is 10.6 Å². The van der Waals surface area contributed by atoms with Crippen LogP contribution in [0.5, 0.6) is 0 Å². The minimum Gasteiger partial charge on any atom is -0.334 e. The molecule has 0 saturated carbocycles. The lowest BCUT2D eigenvalue weighted by molar-refractivity contribution is 0.252. The van der Waals surface area contributed by atoms with Gasteiger partial charge in [-0.05, 0) is 28.8 Å². The van der Waals surface area contributed by atoms with Crippen molar-refractivity contribution >= 4 is 22.5 Å². The molecule has 132 valence electrons. The first kappa shape index (κ1) is 16.8. The SMILES string of the molecule is O=C(NCc1ccc(-c2ccccc2)cc1)Nc1cccc2cnccc12. The van der Waals surface area contributed by atoms with Gasteiger partial charge in [0.25, 0.3) is 0 Å². The number of carbonyl (C=O) groups excluding carboxylic acids is 1. The van der Waals surface area contributed by atoms with E-state index in [1.165, 1.54) is 5.56 Å². The summed E-state index contributed by atoms with van der Waals surface area (Å²) in [6.45, 7) is 0.466. The van der Waals surface area contributed by atoms with Crippen molar-refractivity contribution in [2.75, 3.05) is 5.32 Å². The molecule has 0 aliphatic carbocycles. The highest BCUT2D eigenvalue weighted by molar-refractivity contribution is 6.01. The third-order valence-electron chi connectivity index (χ3n) is 4.44. The van der Waals surface area contributed by atoms with Gasteiger partial charge in [0.1, 0.15) is 0 Å². The molecule has 1 aromatic heterocycles. The molecule has 4 heteroatoms. The minimum absolute atomic E-state index is 0.230. The second-order valence-corrected chi connectivity index (χ2v) is 6.27. The predicted octanol–water partition coefficient (Wildman–Crippen LogP) is 5.22. The summed E-state index contributed by atoms with van der Waals surface area (Å²) in [7, 11) is 0. The van der Waals surface area contributed by atoms with Crippen LogP contribution in [0.2, 0.25) is 0 Å². The molecule has 0 bridgehead atoms. The summed E-state index contributed by atoms with van der Waals surface area (Å²) in [5.41, 5.74) is 4.16. The molecule has 0 radical (unpaired) electrons. The second-order valence-electron chi connectivity index (χ2n) is 6.27. The van der Waals surface area contributed by atoms with Crippen LogP contribution in [0.1, 0.15) is 5.56 Å². The number of amides is 2. The number of pyridine rings is 1. The van der Waals surface area contributed by atoms with E-state index in [0.29, 0.717) is 6.54 Å². The summed E-state index contributed by atoms with van der Waals surface area (Å²) in [5.74, 6) is 0. The number of hydrogen-bond donors (Lipinski definition) is 2. The smallest absolute Gasteiger partial charge is 0.319 e. The zero-order chi connectivity index (χ0) is 18.5. The first-order chi connectivity index (χ1) is 13.3. The number of fused-ring (bicyclic) bond motifs is 1. The van der Waals surface area contributed by atoms with Gasteiger partial charge in [-0.2, -0.15) is 0 Å². The Labute approximate surface area is 157 Å². The maximum atomic E-state index is 12.3. The van der Waals surface area contributed by atoms with Gasteiger partial charge in [-0.25, -0.2) is 4.79 Å². The molecule has 27 heavy (non-hydrogen) atoms. The summed E-state index contributed by atoms with van der Waals surface area (Å²) in [4.78, 5) is 16.4. The topological polar surface area (TPSA) is 54.0 Å². The van der Waals surface area contributed by atoms with Gasteiger partial charge < -0.3 is 10.6 Å². The van der Waals surface area contributed by atoms with Gasteiger partial charge in [0.2, 0.25) is 0 Å². The van der Waals surface area contributed by atoms with E-state index in [2.05, 4.69) is 39.9 Å². The number of anilines is 1. The zero-order valence-electron chi connectivity index (χ0n) is 14.7. The van der Waals surface area contributed by atoms with Crippen molar-refractivity contribution in [3.63, 3.8) is 0 Å². The highest BCUT2D eigenvalue weighted by atomic mass is 16.2. The van der Waals surface area contributed by atoms with Crippen LogP contribution in [0.3, 0.4) is 0 Å². The summed E-state index contributed by atoms with van der Waals surface area (Å²) >= 11 is 0. The largest absolute Gasteiger partial charge is 0.334 e. The van der Waals surface area contributed by atoms with E-state index in [0.717, 1.165) is 27.6 Å². The highest BCUT2D eigenvalue weighted by Gasteiger charge is 2.05. The first-order valence-corrected chi connectivity index (χ1v) is 8.81. The number of nitrogens with one attached hydrogen (secondary N) is 2. The van der Waals surface area contributed by atoms with Crippen LogP contribution in [0.15, 0.2) is 91.3 Å². The lowest BCUT2D eigenvalue weighted by Gasteiger charge is -2.10. The second kappa shape index (κ2) is 7.70. The molecule has 0 aliphatic rings. The Kier molecular flexibility index (Phi) is 4.79. The van der Waals surface area contributed by atoms with Crippen molar-refractivity contribution in [2.45, 2.75) is 6.54 Å². The standard InChI is InChI=1S/C23H19N3O/c27-23(26-22-8-4-7-20-16-24-14-13-21(20)22)25-15-17-9-11-19(12-10-17)18-5-2-1-3-6-18/h1-14,16H,15H2,(H2,25,26,27). The van der Waals surface area contributed by atoms with Crippen molar-refractivity contribution in [1.82, 2.24) is 10.3 Å². The normalized spacial score (nSPS) is 10.5. The van der Waals surface area contributed by atoms with E-state index in [1.807, 2.05) is 54.6 Å². The summed E-state index contributed by atoms with van der Waals surface area (Å²) in [6, 6.07) is 25.9. The quantitative estimate of drug-likeness (QED) is 0.528. The molecule has 2 N–H and O–H groups in total. The van der Waals surface area contributed by atoms with Gasteiger partial charge >= 0.3 is 6.03 Å². The summed E-state index contributed by atoms with van der Waals surface area (Å²) in [6.07, 6.45) is 3.51. The predicted molar refractivity (Wildman–Crippen MR) is 109 cm³/mol. The van der Waals surface area contributed by atoms with Crippen LogP contribution in [0.25, 0.3) is 21.9 Å². The van der Waals surface area contributed by atoms with Crippen molar-refractivity contribution in [3.8, 4) is 11.1 Å². The number of hydrogen-bond acceptors (Lipinski definition) is 2. The van der Waals surface area contributed by atoms with Gasteiger partial charge in [0.05, 0.1) is 5.69 Å². The Morgan fingerprint density at radius 2 is 1.59 bits per heavy atom. The Hall–Kier alpha value is -3.66. The molecule has 0 atom stereocenters. The van der Waals surface area contributed by atoms with Crippen LogP contribution in [0, 0.1) is 0 Å². The van der Waals surface area contributed by atoms with Crippen molar-refractivity contribution in [3.05, 3.63) is 96.8 Å². The highest BCUT2D eigenvalue weighted by Crippen LogP contribution is 2.22. The molecule has 2 amide bonds. The molecule has 4 rings (SSSR count). The van der Waals surface area contributed by atoms with Gasteiger partial charge in [0, 0.05) is 29.7 Å². The number of aromatic nitrogens is 1. The Morgan fingerprint density at radius 3 is 2.41 bits per heavy atom. The van der Waals surface area contributed by atoms with Gasteiger partial charge in [-0.3, -0.25) is 4.98 Å². The minimum atomic E-state index is -0.230. The van der Waals surface area contributed by atoms with Crippen molar-refractivity contribution in [2.24, 2.45) is 0 Å². The van der Waals surface area contributed by atoms with E-state index in [1.54, 1.807) is 12.4 Å². The van der Waals surface area contributed by atoms with Gasteiger partial charge in [-0.1, -0.05) is 66.7 Å². The van der Waals surface area contributed by atoms with Crippen LogP contribution in [-0.4, -0.2) is 11.0 Å². The molecule has 3 aromatic carbocycles. The molecule has 4 nitrogen and oxygen atoms in total. The fraction of sp³-hybridized carbons (Fsp3) is 0.0435. The first-order valence-electron chi connectivity index (χ1n) is 8.81. The Balaban J connectivity index is 1.39. The van der Waals surface area contributed by atoms with Crippen LogP contribution in [-0.2, 0) is 6.54 Å². The van der Waals surface area contributed by atoms with Crippen LogP contribution >= 0.6 is 0 Å². The Bertz CT molecular complexity index is 1050. The van der Waals surface area contributed by atoms with E-state index < -0.39 is 0 Å². The monoisotopic (exact) mass is 353 g/mol. The molecule has 1 heterocycles. The molecular formula is C23H19N3O. The van der Waals surface area contributed by atoms with E-state index >= 15 is 0 Å². The van der Waals surface area contributed by atoms with Gasteiger partial charge in [0.15, 0.2) is 0 Å². The average Bonchev–Trinajstić information content (AvgIpc) is 2.74. The summed E-state index contributed by atoms with van der Waals surface area (Å²) < 4.78 is 0. The molecule has 0 unspecified atom stereocenters. The maximum absolute atomic E-state index is 12.3. The number of carbonyl (C=O) groups is 1. The number of nitrogens with zero attached hydrogens (tertiary/aromatic N) is 1. The molecule has 0 aliphatic heterocycles. The number of rotatable bonds is 4. The lowest BCUT2D eigenvalue weighted by Crippen LogP contribution is -2.28. The summed E-state index contributed by atoms with van der Waals surface area (Å²) in [5, 5.41) is 7.78. The van der Waals surface area contributed by atoms with Crippen molar-refractivity contribution in [1.29, 1.82) is 0 Å². The molecular weight excluding hydrogens is 334 g/mol. The molecule has 0 saturated heterocycles. The van der Waals surface area contributed by atoms with E-state index in [9.17, 15) is 4.79 Å². The zero-order valence-corrected chi connectivity index (χ0v) is 14.7. The number of urea groups is 1. The third kappa shape index (κ3) is 3.96. The molecule has 0 fully saturated rings. The lowest BCUT2D eigenvalue weighted by atomic mass is 10.0. The molecule has 0 spiro atoms. The fourth-order valence-electron chi connectivity index (χ4n) is 3.03. The Morgan fingerprint density at radius 1 is 0.815 bits per heavy atom. The maximum Gasteiger partial charge on any atom is 0.319 e. The molecule has 4 aromatic rings. The van der Waals surface area contributed by atoms with Crippen molar-refractivity contribution < 1.29 is 4.79 Å². The average molecular weight is 353 g/mol. The van der Waals surface area contributed by atoms with E-state index in [4.69, 9.17) is 0 Å². The van der Waals surface area contributed by atoms with Gasteiger partial charge in [-0.15, -0.1) is 0 Å². The number of benzene rings is 3. The fourth-order valence-corrected chi connectivity index (χ4v) is 3.03. The van der Waals surface area contributed by atoms with Crippen LogP contribution in [0.4, 0.5) is 10.5 Å².